The van der Waals surface area contributed by atoms with Gasteiger partial charge in [-0.2, -0.15) is 5.26 Å². The zero-order valence-corrected chi connectivity index (χ0v) is 8.35. The van der Waals surface area contributed by atoms with Gasteiger partial charge in [0.1, 0.15) is 6.10 Å². The number of nitrogens with zero attached hydrogens (tertiary/aromatic N) is 4. The standard InChI is InChI=1S/C10H10N4O2/c11-5-7-1-3-8(4-2-7)10(16)9(15)6-13-14-12/h1-4,9-10,15-16H,6H2. The summed E-state index contributed by atoms with van der Waals surface area (Å²) >= 11 is 0. The van der Waals surface area contributed by atoms with Gasteiger partial charge in [0.15, 0.2) is 0 Å². The number of hydrogen-bond donors (Lipinski definition) is 2. The Hall–Kier alpha value is -2.06. The van der Waals surface area contributed by atoms with E-state index in [0.29, 0.717) is 11.1 Å². The highest BCUT2D eigenvalue weighted by molar-refractivity contribution is 5.32. The molecule has 1 rings (SSSR count). The second kappa shape index (κ2) is 5.73. The van der Waals surface area contributed by atoms with Crippen LogP contribution in [0.4, 0.5) is 0 Å². The molecular formula is C10H10N4O2. The monoisotopic (exact) mass is 218 g/mol. The van der Waals surface area contributed by atoms with E-state index in [2.05, 4.69) is 10.0 Å². The van der Waals surface area contributed by atoms with Crippen LogP contribution < -0.4 is 0 Å². The molecule has 1 aromatic rings. The molecule has 2 atom stereocenters. The van der Waals surface area contributed by atoms with Gasteiger partial charge in [-0.15, -0.1) is 0 Å². The van der Waals surface area contributed by atoms with Crippen LogP contribution in [0.5, 0.6) is 0 Å². The molecule has 0 aliphatic rings. The van der Waals surface area contributed by atoms with Gasteiger partial charge in [-0.3, -0.25) is 0 Å². The van der Waals surface area contributed by atoms with Crippen molar-refractivity contribution in [3.63, 3.8) is 0 Å². The quantitative estimate of drug-likeness (QED) is 0.450. The lowest BCUT2D eigenvalue weighted by Crippen LogP contribution is -2.21. The molecule has 0 bridgehead atoms. The van der Waals surface area contributed by atoms with Gasteiger partial charge < -0.3 is 10.2 Å². The average Bonchev–Trinajstić information content (AvgIpc) is 2.35. The van der Waals surface area contributed by atoms with Crippen LogP contribution in [0.15, 0.2) is 29.4 Å². The van der Waals surface area contributed by atoms with Crippen molar-refractivity contribution in [3.05, 3.63) is 45.8 Å². The van der Waals surface area contributed by atoms with E-state index in [0.717, 1.165) is 0 Å². The second-order valence-corrected chi connectivity index (χ2v) is 3.16. The SMILES string of the molecule is N#Cc1ccc(C(O)C(O)CN=[N+]=[N-])cc1. The van der Waals surface area contributed by atoms with Gasteiger partial charge in [0.2, 0.25) is 0 Å². The maximum absolute atomic E-state index is 9.66. The van der Waals surface area contributed by atoms with Gasteiger partial charge in [0, 0.05) is 4.91 Å². The summed E-state index contributed by atoms with van der Waals surface area (Å²) in [5.74, 6) is 0. The molecule has 6 heteroatoms. The Balaban J connectivity index is 2.75. The fourth-order valence-electron chi connectivity index (χ4n) is 1.20. The van der Waals surface area contributed by atoms with E-state index < -0.39 is 12.2 Å². The Bertz CT molecular complexity index is 431. The molecule has 0 saturated carbocycles. The topological polar surface area (TPSA) is 113 Å². The number of hydrogen-bond acceptors (Lipinski definition) is 4. The minimum atomic E-state index is -1.15. The molecule has 1 aromatic carbocycles. The number of aliphatic hydroxyl groups excluding tert-OH is 2. The molecule has 16 heavy (non-hydrogen) atoms. The highest BCUT2D eigenvalue weighted by atomic mass is 16.3. The molecule has 6 nitrogen and oxygen atoms in total. The highest BCUT2D eigenvalue weighted by Crippen LogP contribution is 2.17. The molecule has 0 aliphatic heterocycles. The van der Waals surface area contributed by atoms with Gasteiger partial charge in [0.05, 0.1) is 24.3 Å². The lowest BCUT2D eigenvalue weighted by Gasteiger charge is -2.15. The Morgan fingerprint density at radius 2 is 2.00 bits per heavy atom. The molecule has 0 aliphatic carbocycles. The smallest absolute Gasteiger partial charge is 0.105 e. The van der Waals surface area contributed by atoms with Crippen LogP contribution in [0.1, 0.15) is 17.2 Å². The summed E-state index contributed by atoms with van der Waals surface area (Å²) in [6, 6.07) is 8.12. The van der Waals surface area contributed by atoms with E-state index in [-0.39, 0.29) is 6.54 Å². The third kappa shape index (κ3) is 2.97. The predicted molar refractivity (Wildman–Crippen MR) is 56.1 cm³/mol. The van der Waals surface area contributed by atoms with E-state index in [1.807, 2.05) is 6.07 Å². The summed E-state index contributed by atoms with van der Waals surface area (Å²) in [7, 11) is 0. The first-order valence-corrected chi connectivity index (χ1v) is 4.56. The first-order chi connectivity index (χ1) is 7.69. The summed E-state index contributed by atoms with van der Waals surface area (Å²) in [6.07, 6.45) is -2.28. The van der Waals surface area contributed by atoms with Crippen molar-refractivity contribution in [3.8, 4) is 6.07 Å². The van der Waals surface area contributed by atoms with Gasteiger partial charge in [-0.1, -0.05) is 17.2 Å². The van der Waals surface area contributed by atoms with Crippen molar-refractivity contribution in [2.75, 3.05) is 6.54 Å². The molecule has 0 spiro atoms. The zero-order valence-electron chi connectivity index (χ0n) is 8.35. The molecule has 2 N–H and O–H groups in total. The lowest BCUT2D eigenvalue weighted by molar-refractivity contribution is 0.0244. The zero-order chi connectivity index (χ0) is 12.0. The Morgan fingerprint density at radius 3 is 2.50 bits per heavy atom. The van der Waals surface area contributed by atoms with E-state index in [1.165, 1.54) is 0 Å². The van der Waals surface area contributed by atoms with Crippen LogP contribution in [0.25, 0.3) is 10.4 Å². The molecule has 2 unspecified atom stereocenters. The van der Waals surface area contributed by atoms with Gasteiger partial charge in [0.25, 0.3) is 0 Å². The summed E-state index contributed by atoms with van der Waals surface area (Å²) < 4.78 is 0. The fourth-order valence-corrected chi connectivity index (χ4v) is 1.20. The van der Waals surface area contributed by atoms with Crippen molar-refractivity contribution in [2.45, 2.75) is 12.2 Å². The number of rotatable bonds is 4. The maximum atomic E-state index is 9.66. The van der Waals surface area contributed by atoms with E-state index in [4.69, 9.17) is 10.8 Å². The van der Waals surface area contributed by atoms with Crippen LogP contribution in [0, 0.1) is 11.3 Å². The molecule has 0 aromatic heterocycles. The maximum Gasteiger partial charge on any atom is 0.105 e. The first kappa shape index (κ1) is 12.0. The average molecular weight is 218 g/mol. The normalized spacial score (nSPS) is 13.3. The van der Waals surface area contributed by atoms with Crippen LogP contribution >= 0.6 is 0 Å². The Labute approximate surface area is 92.0 Å². The van der Waals surface area contributed by atoms with Crippen LogP contribution in [0.3, 0.4) is 0 Å². The molecule has 0 fully saturated rings. The van der Waals surface area contributed by atoms with Crippen LogP contribution in [-0.2, 0) is 0 Å². The van der Waals surface area contributed by atoms with Crippen molar-refractivity contribution < 1.29 is 10.2 Å². The Morgan fingerprint density at radius 1 is 1.38 bits per heavy atom. The third-order valence-electron chi connectivity index (χ3n) is 2.08. The lowest BCUT2D eigenvalue weighted by atomic mass is 10.0. The molecule has 0 radical (unpaired) electrons. The summed E-state index contributed by atoms with van der Waals surface area (Å²) in [5, 5.41) is 30.9. The number of aliphatic hydroxyl groups is 2. The first-order valence-electron chi connectivity index (χ1n) is 4.56. The van der Waals surface area contributed by atoms with Crippen molar-refractivity contribution in [2.24, 2.45) is 5.11 Å². The minimum absolute atomic E-state index is 0.197. The third-order valence-corrected chi connectivity index (χ3v) is 2.08. The van der Waals surface area contributed by atoms with E-state index in [9.17, 15) is 10.2 Å². The second-order valence-electron chi connectivity index (χ2n) is 3.16. The summed E-state index contributed by atoms with van der Waals surface area (Å²) in [5.41, 5.74) is 9.01. The number of nitriles is 1. The van der Waals surface area contributed by atoms with Gasteiger partial charge in [-0.05, 0) is 23.2 Å². The van der Waals surface area contributed by atoms with Crippen molar-refractivity contribution in [1.82, 2.24) is 0 Å². The molecular weight excluding hydrogens is 208 g/mol. The van der Waals surface area contributed by atoms with Gasteiger partial charge >= 0.3 is 0 Å². The molecule has 0 heterocycles. The van der Waals surface area contributed by atoms with Crippen LogP contribution in [0.2, 0.25) is 0 Å². The highest BCUT2D eigenvalue weighted by Gasteiger charge is 2.17. The molecule has 0 saturated heterocycles. The van der Waals surface area contributed by atoms with Gasteiger partial charge in [-0.25, -0.2) is 0 Å². The number of benzene rings is 1. The predicted octanol–water partition coefficient (Wildman–Crippen LogP) is 1.26. The minimum Gasteiger partial charge on any atom is -0.390 e. The fraction of sp³-hybridized carbons (Fsp3) is 0.300. The van der Waals surface area contributed by atoms with Crippen molar-refractivity contribution >= 4 is 0 Å². The summed E-state index contributed by atoms with van der Waals surface area (Å²) in [4.78, 5) is 2.49. The number of azide groups is 1. The van der Waals surface area contributed by atoms with E-state index in [1.54, 1.807) is 24.3 Å². The van der Waals surface area contributed by atoms with E-state index >= 15 is 0 Å². The Kier molecular flexibility index (Phi) is 4.30. The largest absolute Gasteiger partial charge is 0.390 e. The summed E-state index contributed by atoms with van der Waals surface area (Å²) in [6.45, 7) is -0.197. The molecule has 0 amide bonds. The van der Waals surface area contributed by atoms with Crippen LogP contribution in [-0.4, -0.2) is 22.9 Å². The van der Waals surface area contributed by atoms with Crippen molar-refractivity contribution in [1.29, 1.82) is 5.26 Å². The molecule has 82 valence electrons.